The SMILES string of the molecule is CC(C)[C@H]1COc2cccnc2N(C)C1=O. The predicted octanol–water partition coefficient (Wildman–Crippen LogP) is 1.71. The number of amides is 1. The largest absolute Gasteiger partial charge is 0.489 e. The van der Waals surface area contributed by atoms with Crippen molar-refractivity contribution in [2.75, 3.05) is 18.6 Å². The van der Waals surface area contributed by atoms with Crippen molar-refractivity contribution in [1.82, 2.24) is 4.98 Å². The first-order valence-electron chi connectivity index (χ1n) is 5.46. The minimum absolute atomic E-state index is 0.0763. The molecule has 1 amide bonds. The first-order chi connectivity index (χ1) is 7.61. The molecule has 16 heavy (non-hydrogen) atoms. The number of hydrogen-bond donors (Lipinski definition) is 0. The zero-order valence-corrected chi connectivity index (χ0v) is 9.80. The van der Waals surface area contributed by atoms with E-state index in [4.69, 9.17) is 4.74 Å². The molecule has 2 rings (SSSR count). The van der Waals surface area contributed by atoms with Crippen LogP contribution < -0.4 is 9.64 Å². The number of fused-ring (bicyclic) bond motifs is 1. The summed E-state index contributed by atoms with van der Waals surface area (Å²) in [4.78, 5) is 17.9. The van der Waals surface area contributed by atoms with E-state index in [0.717, 1.165) is 0 Å². The average Bonchev–Trinajstić information content (AvgIpc) is 2.39. The molecule has 0 N–H and O–H groups in total. The van der Waals surface area contributed by atoms with Crippen molar-refractivity contribution in [3.63, 3.8) is 0 Å². The molecule has 4 nitrogen and oxygen atoms in total. The van der Waals surface area contributed by atoms with Crippen LogP contribution in [0.4, 0.5) is 5.82 Å². The van der Waals surface area contributed by atoms with Crippen LogP contribution in [0.1, 0.15) is 13.8 Å². The minimum atomic E-state index is -0.0980. The molecule has 1 aromatic heterocycles. The van der Waals surface area contributed by atoms with Gasteiger partial charge in [-0.25, -0.2) is 4.98 Å². The third-order valence-corrected chi connectivity index (χ3v) is 2.94. The Bertz CT molecular complexity index is 404. The Morgan fingerprint density at radius 2 is 2.31 bits per heavy atom. The summed E-state index contributed by atoms with van der Waals surface area (Å²) < 4.78 is 5.64. The second-order valence-corrected chi connectivity index (χ2v) is 4.38. The van der Waals surface area contributed by atoms with Crippen molar-refractivity contribution >= 4 is 11.7 Å². The first-order valence-corrected chi connectivity index (χ1v) is 5.46. The summed E-state index contributed by atoms with van der Waals surface area (Å²) in [6, 6.07) is 3.65. The summed E-state index contributed by atoms with van der Waals surface area (Å²) in [6.07, 6.45) is 1.67. The van der Waals surface area contributed by atoms with Crippen LogP contribution in [-0.2, 0) is 4.79 Å². The third-order valence-electron chi connectivity index (χ3n) is 2.94. The molecule has 86 valence electrons. The Labute approximate surface area is 95.2 Å². The standard InChI is InChI=1S/C12H16N2O2/c1-8(2)9-7-16-10-5-4-6-13-11(10)14(3)12(9)15/h4-6,8-9H,7H2,1-3H3/t9-/m1/s1. The average molecular weight is 220 g/mol. The smallest absolute Gasteiger partial charge is 0.234 e. The fourth-order valence-electron chi connectivity index (χ4n) is 1.83. The van der Waals surface area contributed by atoms with Crippen LogP contribution in [0.15, 0.2) is 18.3 Å². The van der Waals surface area contributed by atoms with Crippen molar-refractivity contribution in [3.05, 3.63) is 18.3 Å². The van der Waals surface area contributed by atoms with Gasteiger partial charge in [-0.2, -0.15) is 0 Å². The molecule has 0 aromatic carbocycles. The molecule has 0 saturated carbocycles. The number of ether oxygens (including phenoxy) is 1. The van der Waals surface area contributed by atoms with Gasteiger partial charge in [-0.05, 0) is 18.1 Å². The Balaban J connectivity index is 2.37. The van der Waals surface area contributed by atoms with Crippen LogP contribution in [-0.4, -0.2) is 24.5 Å². The highest BCUT2D eigenvalue weighted by atomic mass is 16.5. The van der Waals surface area contributed by atoms with Gasteiger partial charge < -0.3 is 4.74 Å². The van der Waals surface area contributed by atoms with Gasteiger partial charge in [-0.3, -0.25) is 9.69 Å². The van der Waals surface area contributed by atoms with Gasteiger partial charge >= 0.3 is 0 Å². The normalized spacial score (nSPS) is 20.4. The van der Waals surface area contributed by atoms with Crippen molar-refractivity contribution in [2.45, 2.75) is 13.8 Å². The molecular formula is C12H16N2O2. The second kappa shape index (κ2) is 4.12. The van der Waals surface area contributed by atoms with Gasteiger partial charge in [0.15, 0.2) is 11.6 Å². The number of rotatable bonds is 1. The molecule has 1 aromatic rings. The Morgan fingerprint density at radius 1 is 1.56 bits per heavy atom. The highest BCUT2D eigenvalue weighted by Gasteiger charge is 2.31. The monoisotopic (exact) mass is 220 g/mol. The van der Waals surface area contributed by atoms with Gasteiger partial charge in [0.25, 0.3) is 0 Å². The fourth-order valence-corrected chi connectivity index (χ4v) is 1.83. The van der Waals surface area contributed by atoms with E-state index >= 15 is 0 Å². The summed E-state index contributed by atoms with van der Waals surface area (Å²) in [5, 5.41) is 0. The second-order valence-electron chi connectivity index (χ2n) is 4.38. The van der Waals surface area contributed by atoms with Gasteiger partial charge in [0, 0.05) is 13.2 Å². The molecule has 0 unspecified atom stereocenters. The summed E-state index contributed by atoms with van der Waals surface area (Å²) in [5.74, 6) is 1.54. The Kier molecular flexibility index (Phi) is 2.81. The molecule has 0 fully saturated rings. The zero-order chi connectivity index (χ0) is 11.7. The maximum Gasteiger partial charge on any atom is 0.234 e. The number of aromatic nitrogens is 1. The zero-order valence-electron chi connectivity index (χ0n) is 9.80. The van der Waals surface area contributed by atoms with Gasteiger partial charge in [0.05, 0.1) is 5.92 Å². The lowest BCUT2D eigenvalue weighted by molar-refractivity contribution is -0.124. The van der Waals surface area contributed by atoms with Gasteiger partial charge in [0.2, 0.25) is 5.91 Å². The van der Waals surface area contributed by atoms with Crippen LogP contribution in [0, 0.1) is 11.8 Å². The molecule has 0 aliphatic carbocycles. The van der Waals surface area contributed by atoms with E-state index in [0.29, 0.717) is 18.2 Å². The Morgan fingerprint density at radius 3 is 3.00 bits per heavy atom. The van der Waals surface area contributed by atoms with Crippen molar-refractivity contribution in [3.8, 4) is 5.75 Å². The van der Waals surface area contributed by atoms with Crippen molar-refractivity contribution in [2.24, 2.45) is 11.8 Å². The molecule has 0 saturated heterocycles. The number of hydrogen-bond acceptors (Lipinski definition) is 3. The maximum absolute atomic E-state index is 12.2. The van der Waals surface area contributed by atoms with Crippen LogP contribution >= 0.6 is 0 Å². The number of carbonyl (C=O) groups excluding carboxylic acids is 1. The summed E-state index contributed by atoms with van der Waals surface area (Å²) in [7, 11) is 1.75. The van der Waals surface area contributed by atoms with Gasteiger partial charge in [-0.15, -0.1) is 0 Å². The molecule has 1 atom stereocenters. The lowest BCUT2D eigenvalue weighted by Gasteiger charge is -2.20. The summed E-state index contributed by atoms with van der Waals surface area (Å²) in [5.41, 5.74) is 0. The molecule has 1 aliphatic rings. The highest BCUT2D eigenvalue weighted by Crippen LogP contribution is 2.30. The van der Waals surface area contributed by atoms with E-state index in [1.807, 2.05) is 26.0 Å². The molecule has 2 heterocycles. The topological polar surface area (TPSA) is 42.4 Å². The lowest BCUT2D eigenvalue weighted by Crippen LogP contribution is -2.36. The minimum Gasteiger partial charge on any atom is -0.489 e. The van der Waals surface area contributed by atoms with Gasteiger partial charge in [-0.1, -0.05) is 13.8 Å². The van der Waals surface area contributed by atoms with Crippen LogP contribution in [0.2, 0.25) is 0 Å². The predicted molar refractivity (Wildman–Crippen MR) is 61.5 cm³/mol. The Hall–Kier alpha value is -1.58. The molecule has 1 aliphatic heterocycles. The van der Waals surface area contributed by atoms with E-state index in [2.05, 4.69) is 4.98 Å². The number of nitrogens with zero attached hydrogens (tertiary/aromatic N) is 2. The van der Waals surface area contributed by atoms with Crippen LogP contribution in [0.25, 0.3) is 0 Å². The van der Waals surface area contributed by atoms with Crippen molar-refractivity contribution in [1.29, 1.82) is 0 Å². The molecular weight excluding hydrogens is 204 g/mol. The fraction of sp³-hybridized carbons (Fsp3) is 0.500. The quantitative estimate of drug-likeness (QED) is 0.723. The first kappa shape index (κ1) is 10.9. The van der Waals surface area contributed by atoms with Crippen LogP contribution in [0.5, 0.6) is 5.75 Å². The third kappa shape index (κ3) is 1.75. The highest BCUT2D eigenvalue weighted by molar-refractivity contribution is 5.95. The number of anilines is 1. The van der Waals surface area contributed by atoms with Crippen molar-refractivity contribution < 1.29 is 9.53 Å². The lowest BCUT2D eigenvalue weighted by atomic mass is 9.95. The summed E-state index contributed by atoms with van der Waals surface area (Å²) >= 11 is 0. The van der Waals surface area contributed by atoms with E-state index < -0.39 is 0 Å². The maximum atomic E-state index is 12.2. The summed E-state index contributed by atoms with van der Waals surface area (Å²) in [6.45, 7) is 4.49. The molecule has 4 heteroatoms. The molecule has 0 radical (unpaired) electrons. The van der Waals surface area contributed by atoms with E-state index in [-0.39, 0.29) is 17.7 Å². The number of pyridine rings is 1. The van der Waals surface area contributed by atoms with Crippen LogP contribution in [0.3, 0.4) is 0 Å². The van der Waals surface area contributed by atoms with E-state index in [1.165, 1.54) is 0 Å². The van der Waals surface area contributed by atoms with E-state index in [9.17, 15) is 4.79 Å². The number of carbonyl (C=O) groups is 1. The molecule has 0 spiro atoms. The van der Waals surface area contributed by atoms with E-state index in [1.54, 1.807) is 18.1 Å². The molecule has 0 bridgehead atoms. The van der Waals surface area contributed by atoms with Gasteiger partial charge in [0.1, 0.15) is 6.61 Å².